The van der Waals surface area contributed by atoms with Crippen molar-refractivity contribution in [1.29, 1.82) is 9.56 Å². The predicted octanol–water partition coefficient (Wildman–Crippen LogP) is 10.7. The number of amides is 2. The van der Waals surface area contributed by atoms with Crippen LogP contribution in [-0.2, 0) is 75.8 Å². The molecule has 4 aliphatic rings. The van der Waals surface area contributed by atoms with Crippen molar-refractivity contribution in [3.8, 4) is 0 Å². The van der Waals surface area contributed by atoms with Gasteiger partial charge in [0.05, 0.1) is 70.8 Å². The SMILES string of the molecule is CC1=NCC(=O)N1[C@@H]1CC[C@@](CO[C@H](C)c2cc(C(F)(F)F)cc(C(F)(F)F)c2)(c2ccccc2)NC1.CC1=NCC(=O)N1[C@H]1CC[C@@](CO[C@H](C)c2cc(C(F)(F)F)cc(C(F)(F)F)c2)(c2ccccc2)NC1.N=S(=O)=O.N=S(=O)=O. The van der Waals surface area contributed by atoms with Crippen molar-refractivity contribution in [2.24, 2.45) is 9.98 Å². The van der Waals surface area contributed by atoms with Gasteiger partial charge in [-0.25, -0.2) is 0 Å². The Bertz CT molecular complexity index is 2880. The zero-order valence-corrected chi connectivity index (χ0v) is 45.7. The molecule has 6 atom stereocenters. The molecule has 0 aromatic heterocycles. The van der Waals surface area contributed by atoms with Gasteiger partial charge in [0.15, 0.2) is 0 Å². The van der Waals surface area contributed by atoms with E-state index in [4.69, 9.17) is 35.9 Å². The molecule has 2 fully saturated rings. The summed E-state index contributed by atoms with van der Waals surface area (Å²) in [7, 11) is -5.22. The summed E-state index contributed by atoms with van der Waals surface area (Å²) in [6.07, 6.45) is -19.5. The van der Waals surface area contributed by atoms with Gasteiger partial charge in [0.1, 0.15) is 24.8 Å². The number of benzene rings is 4. The van der Waals surface area contributed by atoms with Gasteiger partial charge in [-0.2, -0.15) is 79.1 Å². The first-order valence-corrected chi connectivity index (χ1v) is 26.9. The van der Waals surface area contributed by atoms with Gasteiger partial charge in [0.2, 0.25) is 11.8 Å². The third-order valence-electron chi connectivity index (χ3n) is 14.0. The fourth-order valence-corrected chi connectivity index (χ4v) is 9.81. The van der Waals surface area contributed by atoms with E-state index in [2.05, 4.69) is 20.6 Å². The summed E-state index contributed by atoms with van der Waals surface area (Å²) < 4.78 is 217. The average molecular weight is 1210 g/mol. The molecule has 30 heteroatoms. The second-order valence-corrected chi connectivity index (χ2v) is 20.3. The van der Waals surface area contributed by atoms with Crippen molar-refractivity contribution in [2.75, 3.05) is 39.4 Å². The fraction of sp³-hybridized carbons (Fsp3) is 0.462. The van der Waals surface area contributed by atoms with Crippen molar-refractivity contribution in [2.45, 2.75) is 113 Å². The van der Waals surface area contributed by atoms with Crippen LogP contribution in [0, 0.1) is 9.56 Å². The van der Waals surface area contributed by atoms with Crippen molar-refractivity contribution in [3.63, 3.8) is 0 Å². The Kier molecular flexibility index (Phi) is 22.0. The Balaban J connectivity index is 0.000000266. The second-order valence-electron chi connectivity index (χ2n) is 19.4. The molecule has 0 unspecified atom stereocenters. The van der Waals surface area contributed by atoms with Crippen LogP contribution in [0.4, 0.5) is 52.7 Å². The Morgan fingerprint density at radius 3 is 1.05 bits per heavy atom. The smallest absolute Gasteiger partial charge is 0.372 e. The molecular formula is C52H56F12N8O8S2. The van der Waals surface area contributed by atoms with Crippen LogP contribution in [0.3, 0.4) is 0 Å². The van der Waals surface area contributed by atoms with Gasteiger partial charge < -0.3 is 20.1 Å². The maximum Gasteiger partial charge on any atom is 0.416 e. The average Bonchev–Trinajstić information content (AvgIpc) is 4.10. The molecule has 82 heavy (non-hydrogen) atoms. The number of halogens is 12. The normalized spacial score (nSPS) is 22.0. The Morgan fingerprint density at radius 1 is 0.549 bits per heavy atom. The quantitative estimate of drug-likeness (QED) is 0.0982. The van der Waals surface area contributed by atoms with E-state index in [9.17, 15) is 62.3 Å². The second kappa shape index (κ2) is 27.2. The van der Waals surface area contributed by atoms with Crippen molar-refractivity contribution < 1.29 is 88.6 Å². The first-order valence-electron chi connectivity index (χ1n) is 24.8. The number of amidine groups is 2. The van der Waals surface area contributed by atoms with E-state index in [1.54, 1.807) is 23.6 Å². The van der Waals surface area contributed by atoms with E-state index in [0.29, 0.717) is 74.7 Å². The molecule has 4 N–H and O–H groups in total. The van der Waals surface area contributed by atoms with Crippen LogP contribution in [0.25, 0.3) is 0 Å². The number of carbonyl (C=O) groups excluding carboxylic acids is 2. The molecule has 4 aromatic rings. The summed E-state index contributed by atoms with van der Waals surface area (Å²) >= 11 is 0. The third-order valence-corrected chi connectivity index (χ3v) is 14.0. The predicted molar refractivity (Wildman–Crippen MR) is 273 cm³/mol. The summed E-state index contributed by atoms with van der Waals surface area (Å²) in [6.45, 7) is 7.50. The van der Waals surface area contributed by atoms with Gasteiger partial charge in [-0.05, 0) is 112 Å². The number of nitrogens with one attached hydrogen (secondary N) is 4. The number of piperidine rings is 2. The molecule has 448 valence electrons. The largest absolute Gasteiger partial charge is 0.416 e. The molecule has 8 rings (SSSR count). The minimum Gasteiger partial charge on any atom is -0.372 e. The van der Waals surface area contributed by atoms with Crippen molar-refractivity contribution in [3.05, 3.63) is 142 Å². The highest BCUT2D eigenvalue weighted by molar-refractivity contribution is 7.60. The minimum atomic E-state index is -4.94. The molecule has 0 spiro atoms. The molecule has 2 saturated heterocycles. The number of carbonyl (C=O) groups is 2. The van der Waals surface area contributed by atoms with Crippen LogP contribution >= 0.6 is 0 Å². The molecule has 2 amide bonds. The van der Waals surface area contributed by atoms with Gasteiger partial charge in [0, 0.05) is 13.1 Å². The van der Waals surface area contributed by atoms with Gasteiger partial charge in [-0.3, -0.25) is 29.4 Å². The lowest BCUT2D eigenvalue weighted by Crippen LogP contribution is -2.58. The summed E-state index contributed by atoms with van der Waals surface area (Å²) in [5.41, 5.74) is -5.68. The van der Waals surface area contributed by atoms with E-state index in [0.717, 1.165) is 11.1 Å². The third kappa shape index (κ3) is 17.7. The molecule has 0 radical (unpaired) electrons. The highest BCUT2D eigenvalue weighted by Gasteiger charge is 2.45. The molecule has 0 aliphatic carbocycles. The summed E-state index contributed by atoms with van der Waals surface area (Å²) in [5.74, 6) is 1.15. The van der Waals surface area contributed by atoms with Gasteiger partial charge in [0.25, 0.3) is 0 Å². The molecule has 16 nitrogen and oxygen atoms in total. The molecule has 4 aliphatic heterocycles. The van der Waals surface area contributed by atoms with Crippen LogP contribution in [0.15, 0.2) is 107 Å². The van der Waals surface area contributed by atoms with E-state index in [1.165, 1.54) is 13.8 Å². The summed E-state index contributed by atoms with van der Waals surface area (Å²) in [4.78, 5) is 36.3. The zero-order chi connectivity index (χ0) is 61.2. The highest BCUT2D eigenvalue weighted by atomic mass is 32.2. The summed E-state index contributed by atoms with van der Waals surface area (Å²) in [6, 6.07) is 21.4. The van der Waals surface area contributed by atoms with Crippen LogP contribution < -0.4 is 10.6 Å². The molecule has 4 heterocycles. The van der Waals surface area contributed by atoms with Crippen LogP contribution in [-0.4, -0.2) is 102 Å². The number of hydrogen-bond donors (Lipinski definition) is 4. The number of alkyl halides is 12. The van der Waals surface area contributed by atoms with Crippen molar-refractivity contribution in [1.82, 2.24) is 20.4 Å². The highest BCUT2D eigenvalue weighted by Crippen LogP contribution is 2.42. The lowest BCUT2D eigenvalue weighted by molar-refractivity contribution is -0.145. The number of nitrogens with zero attached hydrogens (tertiary/aromatic N) is 4. The fourth-order valence-electron chi connectivity index (χ4n) is 9.81. The van der Waals surface area contributed by atoms with E-state index < -0.39 is 91.2 Å². The van der Waals surface area contributed by atoms with Gasteiger partial charge in [-0.15, -0.1) is 0 Å². The van der Waals surface area contributed by atoms with E-state index >= 15 is 0 Å². The number of rotatable bonds is 12. The summed E-state index contributed by atoms with van der Waals surface area (Å²) in [5, 5.41) is 6.92. The maximum atomic E-state index is 13.3. The zero-order valence-electron chi connectivity index (χ0n) is 44.0. The Hall–Kier alpha value is -6.60. The number of ether oxygens (including phenoxy) is 2. The Labute approximate surface area is 466 Å². The van der Waals surface area contributed by atoms with Crippen LogP contribution in [0.1, 0.15) is 110 Å². The molecule has 4 aromatic carbocycles. The van der Waals surface area contributed by atoms with Crippen LogP contribution in [0.2, 0.25) is 0 Å². The van der Waals surface area contributed by atoms with Crippen LogP contribution in [0.5, 0.6) is 0 Å². The minimum absolute atomic E-state index is 0.00349. The first kappa shape index (κ1) is 66.2. The monoisotopic (exact) mass is 1210 g/mol. The van der Waals surface area contributed by atoms with E-state index in [-0.39, 0.29) is 73.5 Å². The molecule has 0 bridgehead atoms. The number of hydrogen-bond acceptors (Lipinski definition) is 14. The Morgan fingerprint density at radius 2 is 0.829 bits per heavy atom. The van der Waals surface area contributed by atoms with Crippen molar-refractivity contribution >= 4 is 44.5 Å². The molecular weight excluding hydrogens is 1160 g/mol. The molecule has 0 saturated carbocycles. The van der Waals surface area contributed by atoms with Gasteiger partial charge >= 0.3 is 45.7 Å². The first-order chi connectivity index (χ1) is 38.1. The lowest BCUT2D eigenvalue weighted by Gasteiger charge is -2.44. The van der Waals surface area contributed by atoms with E-state index in [1.807, 2.05) is 60.7 Å². The topological polar surface area (TPSA) is 224 Å². The van der Waals surface area contributed by atoms with Gasteiger partial charge in [-0.1, -0.05) is 60.7 Å². The maximum absolute atomic E-state index is 13.3. The lowest BCUT2D eigenvalue weighted by atomic mass is 9.81. The number of aliphatic imine (C=N–C) groups is 2. The standard InChI is InChI=1S/2C26H27F6N3O2.2HNO2S/c2*1-16(18-10-20(25(27,28)29)12-21(11-18)26(30,31)32)37-15-24(19-6-4-3-5-7-19)9-8-22(13-34-24)35-17(2)33-14-23(35)36;2*1-4(2)3/h2*3-7,10-12,16,22,34H,8-9,13-15H2,1-2H3;2*1H/t16-,22+,24-;16-,22-,24-;;/m11../s1.